The normalized spacial score (nSPS) is 14.2. The number of carbonyl (C=O) groups excluding carboxylic acids is 3. The number of nitrogens with zero attached hydrogens (tertiary/aromatic N) is 1. The molecule has 3 amide bonds. The summed E-state index contributed by atoms with van der Waals surface area (Å²) in [4.78, 5) is 39.0. The number of aryl methyl sites for hydroxylation is 3. The summed E-state index contributed by atoms with van der Waals surface area (Å²) in [7, 11) is 0. The van der Waals surface area contributed by atoms with E-state index in [-0.39, 0.29) is 41.8 Å². The number of imide groups is 1. The van der Waals surface area contributed by atoms with Crippen LogP contribution in [0.25, 0.3) is 6.08 Å². The minimum absolute atomic E-state index is 0.146. The topological polar surface area (TPSA) is 84.9 Å². The second kappa shape index (κ2) is 12.2. The van der Waals surface area contributed by atoms with Crippen molar-refractivity contribution in [1.29, 1.82) is 0 Å². The lowest BCUT2D eigenvalue weighted by Crippen LogP contribution is -2.32. The molecular weight excluding hydrogens is 524 g/mol. The van der Waals surface area contributed by atoms with Crippen molar-refractivity contribution in [2.24, 2.45) is 0 Å². The van der Waals surface area contributed by atoms with Gasteiger partial charge in [0.05, 0.1) is 16.5 Å². The van der Waals surface area contributed by atoms with Crippen LogP contribution in [0, 0.1) is 20.8 Å². The Morgan fingerprint density at radius 2 is 1.71 bits per heavy atom. The summed E-state index contributed by atoms with van der Waals surface area (Å²) in [6, 6.07) is 18.3. The van der Waals surface area contributed by atoms with Crippen LogP contribution in [0.1, 0.15) is 22.3 Å². The van der Waals surface area contributed by atoms with Gasteiger partial charge < -0.3 is 14.8 Å². The Bertz CT molecular complexity index is 1400. The predicted octanol–water partition coefficient (Wildman–Crippen LogP) is 6.40. The Morgan fingerprint density at radius 1 is 0.974 bits per heavy atom. The second-order valence-electron chi connectivity index (χ2n) is 8.84. The number of rotatable bonds is 9. The molecule has 1 heterocycles. The van der Waals surface area contributed by atoms with Crippen LogP contribution in [-0.4, -0.2) is 41.7 Å². The maximum absolute atomic E-state index is 12.8. The standard InChI is InChI=1S/C29H27ClN2O5S/c1-18-5-9-22(10-6-18)36-13-12-32-28(34)26(38-29(32)35)16-21-8-11-25(23(30)15-21)37-17-27(33)31-24-14-19(2)4-7-20(24)3/h4-11,14-16H,12-13,17H2,1-3H3,(H,31,33)/b26-16-. The Morgan fingerprint density at radius 3 is 2.45 bits per heavy atom. The molecule has 4 rings (SSSR count). The van der Waals surface area contributed by atoms with Gasteiger partial charge in [0.25, 0.3) is 17.1 Å². The molecule has 1 fully saturated rings. The van der Waals surface area contributed by atoms with Gasteiger partial charge in [-0.1, -0.05) is 47.5 Å². The molecule has 0 spiro atoms. The number of ether oxygens (including phenoxy) is 2. The SMILES string of the molecule is Cc1ccc(OCCN2C(=O)S/C(=C\c3ccc(OCC(=O)Nc4cc(C)ccc4C)c(Cl)c3)C2=O)cc1. The minimum atomic E-state index is -0.382. The molecule has 0 aromatic heterocycles. The summed E-state index contributed by atoms with van der Waals surface area (Å²) in [5, 5.41) is 2.77. The van der Waals surface area contributed by atoms with Crippen LogP contribution in [0.4, 0.5) is 10.5 Å². The van der Waals surface area contributed by atoms with Crippen LogP contribution < -0.4 is 14.8 Å². The van der Waals surface area contributed by atoms with Gasteiger partial charge in [-0.3, -0.25) is 19.3 Å². The van der Waals surface area contributed by atoms with Crippen molar-refractivity contribution in [1.82, 2.24) is 4.90 Å². The zero-order valence-corrected chi connectivity index (χ0v) is 22.8. The first-order valence-corrected chi connectivity index (χ1v) is 13.1. The van der Waals surface area contributed by atoms with Gasteiger partial charge in [0, 0.05) is 5.69 Å². The molecule has 1 aliphatic heterocycles. The van der Waals surface area contributed by atoms with Gasteiger partial charge in [0.15, 0.2) is 6.61 Å². The van der Waals surface area contributed by atoms with E-state index in [2.05, 4.69) is 5.32 Å². The minimum Gasteiger partial charge on any atom is -0.492 e. The Hall–Kier alpha value is -3.75. The first kappa shape index (κ1) is 27.3. The number of nitrogens with one attached hydrogen (secondary N) is 1. The molecule has 3 aromatic rings. The number of halogens is 1. The van der Waals surface area contributed by atoms with Gasteiger partial charge in [0.1, 0.15) is 18.1 Å². The van der Waals surface area contributed by atoms with Crippen molar-refractivity contribution in [3.05, 3.63) is 92.8 Å². The van der Waals surface area contributed by atoms with Crippen molar-refractivity contribution in [2.75, 3.05) is 25.1 Å². The summed E-state index contributed by atoms with van der Waals surface area (Å²) >= 11 is 7.23. The first-order valence-electron chi connectivity index (χ1n) is 11.9. The molecular formula is C29H27ClN2O5S. The molecule has 0 radical (unpaired) electrons. The summed E-state index contributed by atoms with van der Waals surface area (Å²) in [5.41, 5.74) is 4.47. The largest absolute Gasteiger partial charge is 0.492 e. The highest BCUT2D eigenvalue weighted by molar-refractivity contribution is 8.18. The Kier molecular flexibility index (Phi) is 8.76. The van der Waals surface area contributed by atoms with Crippen LogP contribution in [-0.2, 0) is 9.59 Å². The maximum atomic E-state index is 12.8. The van der Waals surface area contributed by atoms with Crippen molar-refractivity contribution in [2.45, 2.75) is 20.8 Å². The van der Waals surface area contributed by atoms with E-state index in [1.54, 1.807) is 24.3 Å². The van der Waals surface area contributed by atoms with Gasteiger partial charge in [-0.05, 0) is 85.6 Å². The highest BCUT2D eigenvalue weighted by Crippen LogP contribution is 2.33. The lowest BCUT2D eigenvalue weighted by molar-refractivity contribution is -0.123. The molecule has 3 aromatic carbocycles. The first-order chi connectivity index (χ1) is 18.2. The van der Waals surface area contributed by atoms with Crippen molar-refractivity contribution in [3.8, 4) is 11.5 Å². The second-order valence-corrected chi connectivity index (χ2v) is 10.2. The predicted molar refractivity (Wildman–Crippen MR) is 151 cm³/mol. The Labute approximate surface area is 230 Å². The molecule has 38 heavy (non-hydrogen) atoms. The van der Waals surface area contributed by atoms with E-state index in [0.29, 0.717) is 22.0 Å². The molecule has 0 bridgehead atoms. The fourth-order valence-electron chi connectivity index (χ4n) is 3.66. The molecule has 1 N–H and O–H groups in total. The maximum Gasteiger partial charge on any atom is 0.293 e. The molecule has 0 aliphatic carbocycles. The molecule has 0 unspecified atom stereocenters. The fraction of sp³-hybridized carbons (Fsp3) is 0.207. The smallest absolute Gasteiger partial charge is 0.293 e. The molecule has 0 atom stereocenters. The van der Waals surface area contributed by atoms with Gasteiger partial charge in [0.2, 0.25) is 0 Å². The zero-order chi connectivity index (χ0) is 27.2. The molecule has 0 saturated carbocycles. The number of anilines is 1. The summed E-state index contributed by atoms with van der Waals surface area (Å²) in [5.74, 6) is 0.324. The third kappa shape index (κ3) is 6.96. The molecule has 9 heteroatoms. The van der Waals surface area contributed by atoms with Crippen LogP contribution >= 0.6 is 23.4 Å². The van der Waals surface area contributed by atoms with Crippen LogP contribution in [0.3, 0.4) is 0 Å². The third-order valence-corrected chi connectivity index (χ3v) is 6.96. The zero-order valence-electron chi connectivity index (χ0n) is 21.2. The van der Waals surface area contributed by atoms with Crippen LogP contribution in [0.15, 0.2) is 65.6 Å². The average molecular weight is 551 g/mol. The van der Waals surface area contributed by atoms with E-state index in [9.17, 15) is 14.4 Å². The van der Waals surface area contributed by atoms with E-state index in [0.717, 1.165) is 34.1 Å². The van der Waals surface area contributed by atoms with E-state index in [1.165, 1.54) is 4.90 Å². The Balaban J connectivity index is 1.32. The van der Waals surface area contributed by atoms with Crippen molar-refractivity contribution in [3.63, 3.8) is 0 Å². The number of amides is 3. The van der Waals surface area contributed by atoms with Gasteiger partial charge in [-0.2, -0.15) is 0 Å². The van der Waals surface area contributed by atoms with Gasteiger partial charge >= 0.3 is 0 Å². The molecule has 196 valence electrons. The fourth-order valence-corrected chi connectivity index (χ4v) is 4.77. The van der Waals surface area contributed by atoms with E-state index < -0.39 is 0 Å². The average Bonchev–Trinajstić information content (AvgIpc) is 3.14. The summed E-state index contributed by atoms with van der Waals surface area (Å²) in [6.45, 7) is 5.98. The summed E-state index contributed by atoms with van der Waals surface area (Å²) in [6.07, 6.45) is 1.61. The molecule has 1 saturated heterocycles. The van der Waals surface area contributed by atoms with Gasteiger partial charge in [-0.15, -0.1) is 0 Å². The van der Waals surface area contributed by atoms with E-state index in [1.807, 2.05) is 63.2 Å². The van der Waals surface area contributed by atoms with Crippen molar-refractivity contribution >= 4 is 52.2 Å². The highest BCUT2D eigenvalue weighted by Gasteiger charge is 2.34. The van der Waals surface area contributed by atoms with E-state index >= 15 is 0 Å². The van der Waals surface area contributed by atoms with Crippen molar-refractivity contribution < 1.29 is 23.9 Å². The van der Waals surface area contributed by atoms with Crippen LogP contribution in [0.2, 0.25) is 5.02 Å². The number of hydrogen-bond acceptors (Lipinski definition) is 6. The summed E-state index contributed by atoms with van der Waals surface area (Å²) < 4.78 is 11.2. The lowest BCUT2D eigenvalue weighted by Gasteiger charge is -2.13. The third-order valence-electron chi connectivity index (χ3n) is 5.76. The number of hydrogen-bond donors (Lipinski definition) is 1. The van der Waals surface area contributed by atoms with Crippen LogP contribution in [0.5, 0.6) is 11.5 Å². The molecule has 1 aliphatic rings. The lowest BCUT2D eigenvalue weighted by atomic mass is 10.1. The molecule has 7 nitrogen and oxygen atoms in total. The van der Waals surface area contributed by atoms with Gasteiger partial charge in [-0.25, -0.2) is 0 Å². The van der Waals surface area contributed by atoms with E-state index in [4.69, 9.17) is 21.1 Å². The number of thioether (sulfide) groups is 1. The quantitative estimate of drug-likeness (QED) is 0.310. The highest BCUT2D eigenvalue weighted by atomic mass is 35.5. The number of benzene rings is 3. The monoisotopic (exact) mass is 550 g/mol. The number of carbonyl (C=O) groups is 3.